The minimum atomic E-state index is -0.434. The molecule has 1 saturated heterocycles. The second-order valence-corrected chi connectivity index (χ2v) is 6.30. The third-order valence-electron chi connectivity index (χ3n) is 4.46. The van der Waals surface area contributed by atoms with Gasteiger partial charge in [-0.05, 0) is 42.7 Å². The number of methoxy groups -OCH3 is 1. The molecule has 5 heteroatoms. The fourth-order valence-electron chi connectivity index (χ4n) is 3.19. The molecule has 0 saturated carbocycles. The van der Waals surface area contributed by atoms with Crippen molar-refractivity contribution in [2.45, 2.75) is 25.3 Å². The first kappa shape index (κ1) is 16.8. The van der Waals surface area contributed by atoms with Crippen LogP contribution in [0.5, 0.6) is 5.75 Å². The summed E-state index contributed by atoms with van der Waals surface area (Å²) in [4.78, 5) is 14.5. The van der Waals surface area contributed by atoms with Crippen molar-refractivity contribution < 1.29 is 13.9 Å². The van der Waals surface area contributed by atoms with Gasteiger partial charge in [-0.15, -0.1) is 0 Å². The molecule has 0 N–H and O–H groups in total. The summed E-state index contributed by atoms with van der Waals surface area (Å²) in [6, 6.07) is 12.2. The lowest BCUT2D eigenvalue weighted by molar-refractivity contribution is -0.131. The van der Waals surface area contributed by atoms with Gasteiger partial charge in [0.15, 0.2) is 0 Å². The van der Waals surface area contributed by atoms with Crippen LogP contribution in [-0.4, -0.2) is 24.5 Å². The molecular formula is C19H19ClFNO2. The summed E-state index contributed by atoms with van der Waals surface area (Å²) < 4.78 is 19.1. The topological polar surface area (TPSA) is 29.5 Å². The average molecular weight is 348 g/mol. The Morgan fingerprint density at radius 3 is 2.71 bits per heavy atom. The SMILES string of the molecule is COc1ccc([C@H]2CCCN2C(=O)Cc2c(F)cccc2Cl)cc1. The van der Waals surface area contributed by atoms with Crippen LogP contribution in [0.4, 0.5) is 4.39 Å². The number of nitrogens with zero attached hydrogens (tertiary/aromatic N) is 1. The van der Waals surface area contributed by atoms with Crippen LogP contribution in [0.2, 0.25) is 5.02 Å². The highest BCUT2D eigenvalue weighted by Gasteiger charge is 2.30. The zero-order valence-corrected chi connectivity index (χ0v) is 14.2. The molecule has 0 radical (unpaired) electrons. The van der Waals surface area contributed by atoms with Crippen molar-refractivity contribution in [2.24, 2.45) is 0 Å². The molecule has 1 heterocycles. The maximum Gasteiger partial charge on any atom is 0.227 e. The molecule has 2 aromatic rings. The number of carbonyl (C=O) groups is 1. The first-order chi connectivity index (χ1) is 11.6. The number of likely N-dealkylation sites (tertiary alicyclic amines) is 1. The Bertz CT molecular complexity index is 712. The van der Waals surface area contributed by atoms with Gasteiger partial charge < -0.3 is 9.64 Å². The molecule has 1 fully saturated rings. The number of benzene rings is 2. The van der Waals surface area contributed by atoms with E-state index in [1.807, 2.05) is 29.2 Å². The van der Waals surface area contributed by atoms with Gasteiger partial charge in [0, 0.05) is 17.1 Å². The molecule has 0 aliphatic carbocycles. The number of ether oxygens (including phenoxy) is 1. The monoisotopic (exact) mass is 347 g/mol. The van der Waals surface area contributed by atoms with Crippen LogP contribution in [0, 0.1) is 5.82 Å². The Balaban J connectivity index is 1.78. The van der Waals surface area contributed by atoms with Crippen molar-refractivity contribution in [1.29, 1.82) is 0 Å². The van der Waals surface area contributed by atoms with Gasteiger partial charge in [-0.3, -0.25) is 4.79 Å². The van der Waals surface area contributed by atoms with E-state index in [2.05, 4.69) is 0 Å². The number of carbonyl (C=O) groups excluding carboxylic acids is 1. The van der Waals surface area contributed by atoms with Gasteiger partial charge >= 0.3 is 0 Å². The van der Waals surface area contributed by atoms with Gasteiger partial charge in [0.1, 0.15) is 11.6 Å². The molecule has 1 amide bonds. The van der Waals surface area contributed by atoms with E-state index in [1.54, 1.807) is 19.2 Å². The van der Waals surface area contributed by atoms with Crippen molar-refractivity contribution >= 4 is 17.5 Å². The normalized spacial score (nSPS) is 17.1. The molecule has 1 atom stereocenters. The van der Waals surface area contributed by atoms with E-state index in [1.165, 1.54) is 6.07 Å². The summed E-state index contributed by atoms with van der Waals surface area (Å²) in [7, 11) is 1.62. The molecular weight excluding hydrogens is 329 g/mol. The van der Waals surface area contributed by atoms with Crippen LogP contribution >= 0.6 is 11.6 Å². The van der Waals surface area contributed by atoms with E-state index in [4.69, 9.17) is 16.3 Å². The molecule has 1 aliphatic heterocycles. The third-order valence-corrected chi connectivity index (χ3v) is 4.82. The smallest absolute Gasteiger partial charge is 0.227 e. The minimum absolute atomic E-state index is 0.0157. The fourth-order valence-corrected chi connectivity index (χ4v) is 3.42. The summed E-state index contributed by atoms with van der Waals surface area (Å²) in [5.74, 6) is 0.254. The number of hydrogen-bond donors (Lipinski definition) is 0. The lowest BCUT2D eigenvalue weighted by Gasteiger charge is -2.25. The quantitative estimate of drug-likeness (QED) is 0.820. The van der Waals surface area contributed by atoms with Crippen LogP contribution in [0.1, 0.15) is 30.0 Å². The van der Waals surface area contributed by atoms with Crippen LogP contribution in [0.25, 0.3) is 0 Å². The summed E-state index contributed by atoms with van der Waals surface area (Å²) in [6.07, 6.45) is 1.83. The molecule has 0 bridgehead atoms. The summed E-state index contributed by atoms with van der Waals surface area (Å²) in [5, 5.41) is 0.295. The van der Waals surface area contributed by atoms with Gasteiger partial charge in [0.05, 0.1) is 19.6 Å². The number of rotatable bonds is 4. The first-order valence-corrected chi connectivity index (χ1v) is 8.34. The zero-order chi connectivity index (χ0) is 17.1. The third kappa shape index (κ3) is 3.39. The largest absolute Gasteiger partial charge is 0.497 e. The Labute approximate surface area is 146 Å². The Morgan fingerprint density at radius 1 is 1.29 bits per heavy atom. The van der Waals surface area contributed by atoms with Crippen LogP contribution in [0.3, 0.4) is 0 Å². The molecule has 126 valence electrons. The number of halogens is 2. The highest BCUT2D eigenvalue weighted by Crippen LogP contribution is 2.33. The van der Waals surface area contributed by atoms with Gasteiger partial charge in [-0.1, -0.05) is 29.8 Å². The van der Waals surface area contributed by atoms with Crippen molar-refractivity contribution in [3.8, 4) is 5.75 Å². The first-order valence-electron chi connectivity index (χ1n) is 7.96. The van der Waals surface area contributed by atoms with Gasteiger partial charge in [0.25, 0.3) is 0 Å². The highest BCUT2D eigenvalue weighted by molar-refractivity contribution is 6.31. The minimum Gasteiger partial charge on any atom is -0.497 e. The maximum absolute atomic E-state index is 13.9. The fraction of sp³-hybridized carbons (Fsp3) is 0.316. The number of hydrogen-bond acceptors (Lipinski definition) is 2. The molecule has 1 aliphatic rings. The average Bonchev–Trinajstić information content (AvgIpc) is 3.08. The molecule has 3 nitrogen and oxygen atoms in total. The Morgan fingerprint density at radius 2 is 2.04 bits per heavy atom. The summed E-state index contributed by atoms with van der Waals surface area (Å²) in [6.45, 7) is 0.682. The highest BCUT2D eigenvalue weighted by atomic mass is 35.5. The zero-order valence-electron chi connectivity index (χ0n) is 13.5. The predicted molar refractivity (Wildman–Crippen MR) is 91.8 cm³/mol. The standard InChI is InChI=1S/C19H19ClFNO2/c1-24-14-9-7-13(8-10-14)18-6-3-11-22(18)19(23)12-15-16(20)4-2-5-17(15)21/h2,4-5,7-10,18H,3,6,11-12H2,1H3/t18-/m1/s1. The van der Waals surface area contributed by atoms with Crippen LogP contribution < -0.4 is 4.74 Å². The molecule has 2 aromatic carbocycles. The molecule has 3 rings (SSSR count). The van der Waals surface area contributed by atoms with Crippen molar-refractivity contribution in [2.75, 3.05) is 13.7 Å². The Hall–Kier alpha value is -2.07. The second-order valence-electron chi connectivity index (χ2n) is 5.90. The summed E-state index contributed by atoms with van der Waals surface area (Å²) >= 11 is 6.04. The van der Waals surface area contributed by atoms with E-state index in [0.717, 1.165) is 24.2 Å². The van der Waals surface area contributed by atoms with Gasteiger partial charge in [-0.25, -0.2) is 4.39 Å². The maximum atomic E-state index is 13.9. The predicted octanol–water partition coefficient (Wildman–Crippen LogP) is 4.39. The Kier molecular flexibility index (Phi) is 5.05. The number of amides is 1. The van der Waals surface area contributed by atoms with Crippen LogP contribution in [-0.2, 0) is 11.2 Å². The molecule has 0 unspecified atom stereocenters. The van der Waals surface area contributed by atoms with E-state index in [0.29, 0.717) is 11.6 Å². The lowest BCUT2D eigenvalue weighted by Crippen LogP contribution is -2.32. The van der Waals surface area contributed by atoms with Gasteiger partial charge in [0.2, 0.25) is 5.91 Å². The summed E-state index contributed by atoms with van der Waals surface area (Å²) in [5.41, 5.74) is 1.34. The van der Waals surface area contributed by atoms with Gasteiger partial charge in [-0.2, -0.15) is 0 Å². The van der Waals surface area contributed by atoms with Crippen molar-refractivity contribution in [3.05, 3.63) is 64.4 Å². The molecule has 0 aromatic heterocycles. The van der Waals surface area contributed by atoms with E-state index in [9.17, 15) is 9.18 Å². The molecule has 0 spiro atoms. The second kappa shape index (κ2) is 7.22. The van der Waals surface area contributed by atoms with Crippen molar-refractivity contribution in [1.82, 2.24) is 4.90 Å². The van der Waals surface area contributed by atoms with Crippen molar-refractivity contribution in [3.63, 3.8) is 0 Å². The van der Waals surface area contributed by atoms with Crippen LogP contribution in [0.15, 0.2) is 42.5 Å². The molecule has 24 heavy (non-hydrogen) atoms. The van der Waals surface area contributed by atoms with E-state index >= 15 is 0 Å². The lowest BCUT2D eigenvalue weighted by atomic mass is 10.0. The van der Waals surface area contributed by atoms with E-state index < -0.39 is 5.82 Å². The van der Waals surface area contributed by atoms with E-state index in [-0.39, 0.29) is 23.9 Å².